The highest BCUT2D eigenvalue weighted by atomic mass is 35.5. The fourth-order valence-electron chi connectivity index (χ4n) is 2.76. The maximum absolute atomic E-state index is 11.7. The lowest BCUT2D eigenvalue weighted by Crippen LogP contribution is -2.31. The minimum atomic E-state index is -0.338. The van der Waals surface area contributed by atoms with Crippen LogP contribution in [-0.4, -0.2) is 36.5 Å². The monoisotopic (exact) mass is 293 g/mol. The van der Waals surface area contributed by atoms with Crippen molar-refractivity contribution >= 4 is 23.5 Å². The van der Waals surface area contributed by atoms with Crippen molar-refractivity contribution in [3.63, 3.8) is 0 Å². The summed E-state index contributed by atoms with van der Waals surface area (Å²) in [5.74, 6) is -0.199. The maximum Gasteiger partial charge on any atom is 0.324 e. The molecule has 1 saturated heterocycles. The first kappa shape index (κ1) is 13.4. The van der Waals surface area contributed by atoms with Crippen LogP contribution >= 0.6 is 11.6 Å². The number of urea groups is 1. The van der Waals surface area contributed by atoms with Crippen LogP contribution in [0.5, 0.6) is 0 Å². The molecule has 0 atom stereocenters. The fourth-order valence-corrected chi connectivity index (χ4v) is 3.00. The zero-order chi connectivity index (χ0) is 14.1. The minimum Gasteiger partial charge on any atom is -0.329 e. The quantitative estimate of drug-likeness (QED) is 0.802. The standard InChI is InChI=1S/C14H16ClN3O2/c15-12-2-1-9-3-5-16-6-4-10(9)11(12)8-18-13(19)7-17-14(18)20/h1-2,16H,3-8H2,(H,17,20). The van der Waals surface area contributed by atoms with E-state index in [9.17, 15) is 9.59 Å². The first-order chi connectivity index (χ1) is 9.66. The molecule has 0 saturated carbocycles. The fraction of sp³-hybridized carbons (Fsp3) is 0.429. The van der Waals surface area contributed by atoms with Crippen LogP contribution < -0.4 is 10.6 Å². The van der Waals surface area contributed by atoms with Crippen LogP contribution in [0.1, 0.15) is 16.7 Å². The number of nitrogens with one attached hydrogen (secondary N) is 2. The number of fused-ring (bicyclic) bond motifs is 1. The van der Waals surface area contributed by atoms with Crippen LogP contribution in [0.3, 0.4) is 0 Å². The van der Waals surface area contributed by atoms with Gasteiger partial charge in [0.05, 0.1) is 13.1 Å². The zero-order valence-corrected chi connectivity index (χ0v) is 11.8. The van der Waals surface area contributed by atoms with Crippen molar-refractivity contribution in [1.29, 1.82) is 0 Å². The molecule has 5 nitrogen and oxygen atoms in total. The van der Waals surface area contributed by atoms with Gasteiger partial charge in [-0.2, -0.15) is 0 Å². The van der Waals surface area contributed by atoms with Crippen molar-refractivity contribution in [3.05, 3.63) is 33.8 Å². The van der Waals surface area contributed by atoms with Crippen LogP contribution in [0.25, 0.3) is 0 Å². The topological polar surface area (TPSA) is 61.4 Å². The average Bonchev–Trinajstić information content (AvgIpc) is 2.66. The molecule has 0 radical (unpaired) electrons. The Kier molecular flexibility index (Phi) is 3.63. The largest absolute Gasteiger partial charge is 0.329 e. The molecule has 6 heteroatoms. The number of benzene rings is 1. The van der Waals surface area contributed by atoms with E-state index in [4.69, 9.17) is 11.6 Å². The van der Waals surface area contributed by atoms with Crippen LogP contribution in [-0.2, 0) is 24.2 Å². The van der Waals surface area contributed by atoms with Gasteiger partial charge in [0.15, 0.2) is 0 Å². The molecule has 0 unspecified atom stereocenters. The van der Waals surface area contributed by atoms with E-state index in [1.54, 1.807) is 0 Å². The van der Waals surface area contributed by atoms with E-state index < -0.39 is 0 Å². The van der Waals surface area contributed by atoms with Gasteiger partial charge >= 0.3 is 6.03 Å². The minimum absolute atomic E-state index is 0.0764. The van der Waals surface area contributed by atoms with Crippen LogP contribution in [0.2, 0.25) is 5.02 Å². The second kappa shape index (κ2) is 5.42. The van der Waals surface area contributed by atoms with Gasteiger partial charge in [0, 0.05) is 5.02 Å². The molecule has 2 aliphatic heterocycles. The number of amides is 3. The van der Waals surface area contributed by atoms with Gasteiger partial charge in [-0.25, -0.2) is 4.79 Å². The van der Waals surface area contributed by atoms with Gasteiger partial charge in [-0.3, -0.25) is 9.69 Å². The molecular formula is C14H16ClN3O2. The average molecular weight is 294 g/mol. The summed E-state index contributed by atoms with van der Waals surface area (Å²) in [6.07, 6.45) is 1.81. The Morgan fingerprint density at radius 2 is 2.00 bits per heavy atom. The van der Waals surface area contributed by atoms with Crippen molar-refractivity contribution < 1.29 is 9.59 Å². The van der Waals surface area contributed by atoms with Gasteiger partial charge in [0.2, 0.25) is 5.91 Å². The second-order valence-electron chi connectivity index (χ2n) is 5.05. The summed E-state index contributed by atoms with van der Waals surface area (Å²) in [5.41, 5.74) is 3.33. The molecule has 20 heavy (non-hydrogen) atoms. The van der Waals surface area contributed by atoms with Crippen molar-refractivity contribution in [3.8, 4) is 0 Å². The summed E-state index contributed by atoms with van der Waals surface area (Å²) in [6.45, 7) is 2.16. The molecule has 2 N–H and O–H groups in total. The van der Waals surface area contributed by atoms with Crippen molar-refractivity contribution in [1.82, 2.24) is 15.5 Å². The molecule has 0 spiro atoms. The van der Waals surface area contributed by atoms with Crippen molar-refractivity contribution in [2.45, 2.75) is 19.4 Å². The highest BCUT2D eigenvalue weighted by molar-refractivity contribution is 6.31. The summed E-state index contributed by atoms with van der Waals surface area (Å²) >= 11 is 6.30. The molecule has 1 aromatic carbocycles. The third-order valence-corrected chi connectivity index (χ3v) is 4.20. The SMILES string of the molecule is O=C1CNC(=O)N1Cc1c(Cl)ccc2c1CCNCC2. The number of hydrogen-bond donors (Lipinski definition) is 2. The highest BCUT2D eigenvalue weighted by Gasteiger charge is 2.30. The lowest BCUT2D eigenvalue weighted by Gasteiger charge is -2.18. The molecule has 0 aromatic heterocycles. The normalized spacial score (nSPS) is 18.8. The smallest absolute Gasteiger partial charge is 0.324 e. The number of halogens is 1. The van der Waals surface area contributed by atoms with E-state index in [0.29, 0.717) is 5.02 Å². The molecule has 2 aliphatic rings. The van der Waals surface area contributed by atoms with Gasteiger partial charge in [0.25, 0.3) is 0 Å². The third kappa shape index (κ3) is 2.39. The van der Waals surface area contributed by atoms with Crippen molar-refractivity contribution in [2.24, 2.45) is 0 Å². The van der Waals surface area contributed by atoms with E-state index in [1.165, 1.54) is 16.0 Å². The molecule has 1 fully saturated rings. The number of rotatable bonds is 2. The number of carbonyl (C=O) groups is 2. The van der Waals surface area contributed by atoms with E-state index in [1.807, 2.05) is 12.1 Å². The highest BCUT2D eigenvalue weighted by Crippen LogP contribution is 2.27. The molecule has 106 valence electrons. The van der Waals surface area contributed by atoms with Crippen LogP contribution in [0.15, 0.2) is 12.1 Å². The Morgan fingerprint density at radius 3 is 2.75 bits per heavy atom. The van der Waals surface area contributed by atoms with Crippen molar-refractivity contribution in [2.75, 3.05) is 19.6 Å². The Labute approximate surface area is 122 Å². The van der Waals surface area contributed by atoms with E-state index >= 15 is 0 Å². The zero-order valence-electron chi connectivity index (χ0n) is 11.0. The first-order valence-electron chi connectivity index (χ1n) is 6.75. The predicted molar refractivity (Wildman–Crippen MR) is 75.7 cm³/mol. The lowest BCUT2D eigenvalue weighted by atomic mass is 9.96. The summed E-state index contributed by atoms with van der Waals surface area (Å²) in [4.78, 5) is 24.6. The molecule has 0 bridgehead atoms. The number of nitrogens with zero attached hydrogens (tertiary/aromatic N) is 1. The Hall–Kier alpha value is -1.59. The molecule has 3 amide bonds. The van der Waals surface area contributed by atoms with E-state index in [0.717, 1.165) is 31.5 Å². The Balaban J connectivity index is 1.96. The van der Waals surface area contributed by atoms with Gasteiger partial charge < -0.3 is 10.6 Å². The summed E-state index contributed by atoms with van der Waals surface area (Å²) < 4.78 is 0. The third-order valence-electron chi connectivity index (χ3n) is 3.85. The second-order valence-corrected chi connectivity index (χ2v) is 5.46. The van der Waals surface area contributed by atoms with Crippen LogP contribution in [0, 0.1) is 0 Å². The summed E-state index contributed by atoms with van der Waals surface area (Å²) in [7, 11) is 0. The molecule has 0 aliphatic carbocycles. The first-order valence-corrected chi connectivity index (χ1v) is 7.12. The number of imide groups is 1. The van der Waals surface area contributed by atoms with Crippen LogP contribution in [0.4, 0.5) is 4.79 Å². The molecular weight excluding hydrogens is 278 g/mol. The summed E-state index contributed by atoms with van der Waals surface area (Å²) in [6, 6.07) is 3.56. The molecule has 3 rings (SSSR count). The summed E-state index contributed by atoms with van der Waals surface area (Å²) in [5, 5.41) is 6.51. The number of hydrogen-bond acceptors (Lipinski definition) is 3. The van der Waals surface area contributed by atoms with Gasteiger partial charge in [-0.05, 0) is 48.7 Å². The van der Waals surface area contributed by atoms with E-state index in [-0.39, 0.29) is 25.0 Å². The molecule has 2 heterocycles. The Bertz CT molecular complexity index is 558. The predicted octanol–water partition coefficient (Wildman–Crippen LogP) is 1.08. The van der Waals surface area contributed by atoms with Gasteiger partial charge in [-0.15, -0.1) is 0 Å². The number of carbonyl (C=O) groups excluding carboxylic acids is 2. The maximum atomic E-state index is 11.7. The van der Waals surface area contributed by atoms with E-state index in [2.05, 4.69) is 10.6 Å². The van der Waals surface area contributed by atoms with Gasteiger partial charge in [-0.1, -0.05) is 17.7 Å². The Morgan fingerprint density at radius 1 is 1.20 bits per heavy atom. The lowest BCUT2D eigenvalue weighted by molar-refractivity contribution is -0.125. The molecule has 1 aromatic rings. The van der Waals surface area contributed by atoms with Gasteiger partial charge in [0.1, 0.15) is 0 Å².